The minimum atomic E-state index is -0.128. The molecule has 2 aromatic heterocycles. The van der Waals surface area contributed by atoms with Gasteiger partial charge in [-0.3, -0.25) is 9.89 Å². The zero-order valence-electron chi connectivity index (χ0n) is 13.5. The molecule has 1 aromatic carbocycles. The van der Waals surface area contributed by atoms with Crippen LogP contribution in [0.25, 0.3) is 11.5 Å². The van der Waals surface area contributed by atoms with Crippen LogP contribution in [-0.4, -0.2) is 28.1 Å². The lowest BCUT2D eigenvalue weighted by atomic mass is 10.1. The number of hydrogen-bond acceptors (Lipinski definition) is 3. The molecule has 0 aliphatic rings. The van der Waals surface area contributed by atoms with Crippen molar-refractivity contribution < 1.29 is 9.21 Å². The van der Waals surface area contributed by atoms with Crippen LogP contribution in [0.2, 0.25) is 0 Å². The number of hydrogen-bond donors (Lipinski definition) is 1. The second-order valence-electron chi connectivity index (χ2n) is 5.72. The molecule has 2 heterocycles. The Bertz CT molecular complexity index is 815. The first-order chi connectivity index (χ1) is 11.0. The molecule has 0 atom stereocenters. The number of carbonyl (C=O) groups is 1. The van der Waals surface area contributed by atoms with Gasteiger partial charge >= 0.3 is 0 Å². The van der Waals surface area contributed by atoms with Crippen LogP contribution in [-0.2, 0) is 6.54 Å². The molecule has 0 saturated heterocycles. The zero-order valence-corrected chi connectivity index (χ0v) is 13.5. The van der Waals surface area contributed by atoms with Crippen LogP contribution in [0, 0.1) is 13.8 Å². The summed E-state index contributed by atoms with van der Waals surface area (Å²) < 4.78 is 5.53. The van der Waals surface area contributed by atoms with Gasteiger partial charge in [-0.2, -0.15) is 5.10 Å². The summed E-state index contributed by atoms with van der Waals surface area (Å²) >= 11 is 0. The number of rotatable bonds is 4. The van der Waals surface area contributed by atoms with Gasteiger partial charge in [0.25, 0.3) is 5.91 Å². The highest BCUT2D eigenvalue weighted by Crippen LogP contribution is 2.21. The van der Waals surface area contributed by atoms with Gasteiger partial charge in [-0.15, -0.1) is 0 Å². The molecule has 0 bridgehead atoms. The van der Waals surface area contributed by atoms with Crippen molar-refractivity contribution in [1.82, 2.24) is 15.1 Å². The van der Waals surface area contributed by atoms with E-state index in [0.717, 1.165) is 11.3 Å². The maximum absolute atomic E-state index is 12.5. The van der Waals surface area contributed by atoms with Gasteiger partial charge in [-0.1, -0.05) is 29.8 Å². The van der Waals surface area contributed by atoms with E-state index in [9.17, 15) is 4.79 Å². The summed E-state index contributed by atoms with van der Waals surface area (Å²) in [5.41, 5.74) is 3.37. The van der Waals surface area contributed by atoms with Crippen molar-refractivity contribution in [2.75, 3.05) is 7.05 Å². The van der Waals surface area contributed by atoms with E-state index in [1.165, 1.54) is 5.56 Å². The summed E-state index contributed by atoms with van der Waals surface area (Å²) in [6.07, 6.45) is 0. The molecule has 118 valence electrons. The van der Waals surface area contributed by atoms with Crippen molar-refractivity contribution in [3.63, 3.8) is 0 Å². The highest BCUT2D eigenvalue weighted by Gasteiger charge is 2.17. The molecule has 5 nitrogen and oxygen atoms in total. The van der Waals surface area contributed by atoms with E-state index in [0.29, 0.717) is 23.7 Å². The Morgan fingerprint density at radius 1 is 1.17 bits per heavy atom. The van der Waals surface area contributed by atoms with Gasteiger partial charge in [0.15, 0.2) is 11.5 Å². The van der Waals surface area contributed by atoms with Crippen LogP contribution in [0.3, 0.4) is 0 Å². The van der Waals surface area contributed by atoms with Crippen molar-refractivity contribution in [1.29, 1.82) is 0 Å². The predicted molar refractivity (Wildman–Crippen MR) is 88.0 cm³/mol. The molecule has 3 aromatic rings. The van der Waals surface area contributed by atoms with Crippen molar-refractivity contribution in [2.24, 2.45) is 0 Å². The first-order valence-electron chi connectivity index (χ1n) is 7.46. The average Bonchev–Trinajstić information content (AvgIpc) is 3.17. The third-order valence-corrected chi connectivity index (χ3v) is 3.69. The third kappa shape index (κ3) is 3.34. The molecule has 3 rings (SSSR count). The first-order valence-corrected chi connectivity index (χ1v) is 7.46. The molecule has 0 radical (unpaired) electrons. The molecular formula is C18H19N3O2. The number of benzene rings is 1. The molecular weight excluding hydrogens is 290 g/mol. The number of aromatic nitrogens is 2. The summed E-state index contributed by atoms with van der Waals surface area (Å²) in [6, 6.07) is 13.6. The van der Waals surface area contributed by atoms with Crippen LogP contribution >= 0.6 is 0 Å². The Labute approximate surface area is 134 Å². The number of carbonyl (C=O) groups excluding carboxylic acids is 1. The highest BCUT2D eigenvalue weighted by molar-refractivity contribution is 5.93. The van der Waals surface area contributed by atoms with E-state index in [-0.39, 0.29) is 5.91 Å². The van der Waals surface area contributed by atoms with Crippen molar-refractivity contribution in [3.05, 3.63) is 65.0 Å². The van der Waals surface area contributed by atoms with Gasteiger partial charge < -0.3 is 9.32 Å². The number of nitrogens with one attached hydrogen (secondary N) is 1. The van der Waals surface area contributed by atoms with Crippen LogP contribution in [0.1, 0.15) is 27.4 Å². The summed E-state index contributed by atoms with van der Waals surface area (Å²) in [4.78, 5) is 14.1. The minimum Gasteiger partial charge on any atom is -0.460 e. The molecule has 0 fully saturated rings. The van der Waals surface area contributed by atoms with Crippen molar-refractivity contribution in [2.45, 2.75) is 20.4 Å². The van der Waals surface area contributed by atoms with E-state index < -0.39 is 0 Å². The summed E-state index contributed by atoms with van der Waals surface area (Å²) in [7, 11) is 1.77. The van der Waals surface area contributed by atoms with Crippen LogP contribution in [0.4, 0.5) is 0 Å². The van der Waals surface area contributed by atoms with Crippen LogP contribution < -0.4 is 0 Å². The predicted octanol–water partition coefficient (Wildman–Crippen LogP) is 3.56. The highest BCUT2D eigenvalue weighted by atomic mass is 16.3. The van der Waals surface area contributed by atoms with Gasteiger partial charge in [-0.05, 0) is 31.5 Å². The van der Waals surface area contributed by atoms with Gasteiger partial charge in [0.05, 0.1) is 0 Å². The number of furan rings is 1. The van der Waals surface area contributed by atoms with E-state index in [2.05, 4.69) is 10.2 Å². The standard InChI is InChI=1S/C18H19N3O2/c1-12-4-7-14(8-5-12)11-21(3)18(22)16-10-15(19-20-16)17-9-6-13(2)23-17/h4-10H,11H2,1-3H3,(H,19,20). The minimum absolute atomic E-state index is 0.128. The number of amides is 1. The number of nitrogens with zero attached hydrogens (tertiary/aromatic N) is 2. The molecule has 0 spiro atoms. The normalized spacial score (nSPS) is 10.7. The first kappa shape index (κ1) is 15.1. The summed E-state index contributed by atoms with van der Waals surface area (Å²) in [5, 5.41) is 6.95. The molecule has 1 N–H and O–H groups in total. The summed E-state index contributed by atoms with van der Waals surface area (Å²) in [6.45, 7) is 4.46. The molecule has 0 aliphatic heterocycles. The molecule has 1 amide bonds. The lowest BCUT2D eigenvalue weighted by Crippen LogP contribution is -2.26. The number of aromatic amines is 1. The Morgan fingerprint density at radius 2 is 1.91 bits per heavy atom. The molecule has 5 heteroatoms. The Balaban J connectivity index is 1.72. The van der Waals surface area contributed by atoms with Gasteiger partial charge in [0.2, 0.25) is 0 Å². The Kier molecular flexibility index (Phi) is 4.02. The Morgan fingerprint density at radius 3 is 2.57 bits per heavy atom. The van der Waals surface area contributed by atoms with E-state index in [1.807, 2.05) is 50.2 Å². The van der Waals surface area contributed by atoms with E-state index in [4.69, 9.17) is 4.42 Å². The second-order valence-corrected chi connectivity index (χ2v) is 5.72. The lowest BCUT2D eigenvalue weighted by molar-refractivity contribution is 0.0779. The van der Waals surface area contributed by atoms with Crippen molar-refractivity contribution in [3.8, 4) is 11.5 Å². The monoisotopic (exact) mass is 309 g/mol. The topological polar surface area (TPSA) is 62.1 Å². The molecule has 0 saturated carbocycles. The SMILES string of the molecule is Cc1ccc(CN(C)C(=O)c2cc(-c3ccc(C)o3)[nH]n2)cc1. The largest absolute Gasteiger partial charge is 0.460 e. The second kappa shape index (κ2) is 6.12. The number of H-pyrrole nitrogens is 1. The maximum Gasteiger partial charge on any atom is 0.274 e. The zero-order chi connectivity index (χ0) is 16.4. The number of aryl methyl sites for hydroxylation is 2. The quantitative estimate of drug-likeness (QED) is 0.801. The van der Waals surface area contributed by atoms with Crippen molar-refractivity contribution >= 4 is 5.91 Å². The van der Waals surface area contributed by atoms with Crippen LogP contribution in [0.5, 0.6) is 0 Å². The van der Waals surface area contributed by atoms with Gasteiger partial charge in [0.1, 0.15) is 11.5 Å². The Hall–Kier alpha value is -2.82. The molecule has 0 unspecified atom stereocenters. The van der Waals surface area contributed by atoms with Gasteiger partial charge in [0, 0.05) is 19.7 Å². The molecule has 23 heavy (non-hydrogen) atoms. The maximum atomic E-state index is 12.5. The smallest absolute Gasteiger partial charge is 0.274 e. The van der Waals surface area contributed by atoms with E-state index >= 15 is 0 Å². The fourth-order valence-electron chi connectivity index (χ4n) is 2.37. The fraction of sp³-hybridized carbons (Fsp3) is 0.222. The summed E-state index contributed by atoms with van der Waals surface area (Å²) in [5.74, 6) is 1.37. The third-order valence-electron chi connectivity index (χ3n) is 3.69. The lowest BCUT2D eigenvalue weighted by Gasteiger charge is -2.15. The average molecular weight is 309 g/mol. The molecule has 0 aliphatic carbocycles. The fourth-order valence-corrected chi connectivity index (χ4v) is 2.37. The van der Waals surface area contributed by atoms with Crippen LogP contribution in [0.15, 0.2) is 46.9 Å². The van der Waals surface area contributed by atoms with E-state index in [1.54, 1.807) is 18.0 Å². The van der Waals surface area contributed by atoms with Gasteiger partial charge in [-0.25, -0.2) is 0 Å².